The lowest BCUT2D eigenvalue weighted by molar-refractivity contribution is -0.135. The van der Waals surface area contributed by atoms with Crippen LogP contribution in [0.25, 0.3) is 11.1 Å². The Balaban J connectivity index is 1.41. The lowest BCUT2D eigenvalue weighted by Gasteiger charge is -2.25. The van der Waals surface area contributed by atoms with E-state index in [1.807, 2.05) is 42.5 Å². The minimum atomic E-state index is -0.564. The average molecular weight is 519 g/mol. The SMILES string of the molecule is N#Cc1cccc(-c2ccc(CCN(CC(=O)Nc3ccc(F)c(Cl)c3)C(=O)CN3CCCC3)cc2)c1. The number of carbonyl (C=O) groups excluding carboxylic acids is 2. The van der Waals surface area contributed by atoms with Crippen molar-refractivity contribution in [1.29, 1.82) is 5.26 Å². The lowest BCUT2D eigenvalue weighted by atomic mass is 10.0. The van der Waals surface area contributed by atoms with Gasteiger partial charge in [0.05, 0.1) is 29.7 Å². The number of amides is 2. The number of hydrogen-bond donors (Lipinski definition) is 1. The molecule has 1 N–H and O–H groups in total. The molecule has 0 aliphatic carbocycles. The molecule has 0 spiro atoms. The van der Waals surface area contributed by atoms with Crippen LogP contribution >= 0.6 is 11.6 Å². The summed E-state index contributed by atoms with van der Waals surface area (Å²) in [6.45, 7) is 2.32. The highest BCUT2D eigenvalue weighted by Gasteiger charge is 2.22. The Morgan fingerprint density at radius 1 is 1.03 bits per heavy atom. The van der Waals surface area contributed by atoms with Gasteiger partial charge in [-0.15, -0.1) is 0 Å². The highest BCUT2D eigenvalue weighted by atomic mass is 35.5. The number of benzene rings is 3. The summed E-state index contributed by atoms with van der Waals surface area (Å²) in [7, 11) is 0. The molecule has 0 radical (unpaired) electrons. The number of nitrogens with one attached hydrogen (secondary N) is 1. The normalized spacial score (nSPS) is 13.2. The summed E-state index contributed by atoms with van der Waals surface area (Å²) in [5, 5.41) is 11.8. The Morgan fingerprint density at radius 2 is 1.78 bits per heavy atom. The highest BCUT2D eigenvalue weighted by Crippen LogP contribution is 2.22. The summed E-state index contributed by atoms with van der Waals surface area (Å²) < 4.78 is 13.4. The van der Waals surface area contributed by atoms with Gasteiger partial charge in [-0.1, -0.05) is 48.0 Å². The minimum absolute atomic E-state index is 0.0810. The molecule has 37 heavy (non-hydrogen) atoms. The molecule has 3 aromatic carbocycles. The van der Waals surface area contributed by atoms with Crippen LogP contribution in [0.4, 0.5) is 10.1 Å². The molecule has 190 valence electrons. The molecule has 1 fully saturated rings. The van der Waals surface area contributed by atoms with Gasteiger partial charge in [-0.25, -0.2) is 4.39 Å². The number of nitrogens with zero attached hydrogens (tertiary/aromatic N) is 3. The standard InChI is InChI=1S/C29H28ClFN4O2/c30-26-17-25(10-11-27(26)31)33-28(36)19-35(29(37)20-34-13-1-2-14-34)15-12-21-6-8-23(9-7-21)24-5-3-4-22(16-24)18-32/h3-11,16-17H,1-2,12-15,19-20H2,(H,33,36). The van der Waals surface area contributed by atoms with Crippen molar-refractivity contribution in [3.05, 3.63) is 88.7 Å². The molecule has 8 heteroatoms. The van der Waals surface area contributed by atoms with Crippen LogP contribution in [0, 0.1) is 17.1 Å². The Bertz CT molecular complexity index is 1300. The predicted octanol–water partition coefficient (Wildman–Crippen LogP) is 5.12. The van der Waals surface area contributed by atoms with Crippen molar-refractivity contribution in [2.75, 3.05) is 38.0 Å². The number of halogens is 2. The average Bonchev–Trinajstić information content (AvgIpc) is 3.42. The number of likely N-dealkylation sites (tertiary alicyclic amines) is 1. The molecule has 2 amide bonds. The molecule has 0 aromatic heterocycles. The molecule has 1 aliphatic heterocycles. The van der Waals surface area contributed by atoms with Gasteiger partial charge < -0.3 is 10.2 Å². The molecule has 1 saturated heterocycles. The van der Waals surface area contributed by atoms with E-state index in [1.54, 1.807) is 11.0 Å². The van der Waals surface area contributed by atoms with Gasteiger partial charge >= 0.3 is 0 Å². The minimum Gasteiger partial charge on any atom is -0.332 e. The highest BCUT2D eigenvalue weighted by molar-refractivity contribution is 6.31. The van der Waals surface area contributed by atoms with E-state index in [4.69, 9.17) is 16.9 Å². The Labute approximate surface area is 221 Å². The van der Waals surface area contributed by atoms with Crippen molar-refractivity contribution in [1.82, 2.24) is 9.80 Å². The number of rotatable bonds is 9. The van der Waals surface area contributed by atoms with Crippen LogP contribution in [0.15, 0.2) is 66.7 Å². The predicted molar refractivity (Wildman–Crippen MR) is 143 cm³/mol. The summed E-state index contributed by atoms with van der Waals surface area (Å²) in [5.74, 6) is -1.03. The van der Waals surface area contributed by atoms with Crippen LogP contribution in [0.2, 0.25) is 5.02 Å². The first-order valence-electron chi connectivity index (χ1n) is 12.3. The maximum absolute atomic E-state index is 13.4. The first-order chi connectivity index (χ1) is 17.9. The second-order valence-electron chi connectivity index (χ2n) is 9.12. The molecule has 0 atom stereocenters. The van der Waals surface area contributed by atoms with Gasteiger partial charge in [0.2, 0.25) is 11.8 Å². The zero-order valence-corrected chi connectivity index (χ0v) is 21.2. The van der Waals surface area contributed by atoms with Crippen molar-refractivity contribution in [3.63, 3.8) is 0 Å². The molecule has 0 bridgehead atoms. The van der Waals surface area contributed by atoms with Crippen molar-refractivity contribution in [3.8, 4) is 17.2 Å². The van der Waals surface area contributed by atoms with Crippen LogP contribution in [-0.2, 0) is 16.0 Å². The third kappa shape index (κ3) is 7.39. The van der Waals surface area contributed by atoms with Crippen molar-refractivity contribution >= 4 is 29.1 Å². The summed E-state index contributed by atoms with van der Waals surface area (Å²) in [6.07, 6.45) is 2.73. The van der Waals surface area contributed by atoms with Crippen LogP contribution in [-0.4, -0.2) is 54.3 Å². The number of anilines is 1. The van der Waals surface area contributed by atoms with E-state index in [9.17, 15) is 14.0 Å². The van der Waals surface area contributed by atoms with E-state index in [-0.39, 0.29) is 29.9 Å². The van der Waals surface area contributed by atoms with E-state index >= 15 is 0 Å². The molecule has 0 saturated carbocycles. The quantitative estimate of drug-likeness (QED) is 0.426. The number of carbonyl (C=O) groups is 2. The monoisotopic (exact) mass is 518 g/mol. The van der Waals surface area contributed by atoms with Gasteiger partial charge in [-0.2, -0.15) is 5.26 Å². The van der Waals surface area contributed by atoms with E-state index in [0.29, 0.717) is 24.2 Å². The van der Waals surface area contributed by atoms with E-state index in [0.717, 1.165) is 42.6 Å². The second kappa shape index (κ2) is 12.5. The first kappa shape index (κ1) is 26.3. The van der Waals surface area contributed by atoms with Crippen molar-refractivity contribution in [2.24, 2.45) is 0 Å². The number of nitriles is 1. The largest absolute Gasteiger partial charge is 0.332 e. The molecule has 0 unspecified atom stereocenters. The first-order valence-corrected chi connectivity index (χ1v) is 12.6. The Kier molecular flexibility index (Phi) is 8.89. The van der Waals surface area contributed by atoms with Crippen LogP contribution in [0.5, 0.6) is 0 Å². The van der Waals surface area contributed by atoms with Gasteiger partial charge in [-0.05, 0) is 79.4 Å². The second-order valence-corrected chi connectivity index (χ2v) is 9.52. The molecule has 3 aromatic rings. The smallest absolute Gasteiger partial charge is 0.243 e. The van der Waals surface area contributed by atoms with Crippen LogP contribution < -0.4 is 5.32 Å². The Morgan fingerprint density at radius 3 is 2.49 bits per heavy atom. The van der Waals surface area contributed by atoms with Crippen molar-refractivity contribution < 1.29 is 14.0 Å². The maximum atomic E-state index is 13.4. The third-order valence-corrected chi connectivity index (χ3v) is 6.69. The zero-order valence-electron chi connectivity index (χ0n) is 20.4. The van der Waals surface area contributed by atoms with E-state index in [1.165, 1.54) is 18.2 Å². The fraction of sp³-hybridized carbons (Fsp3) is 0.276. The fourth-order valence-corrected chi connectivity index (χ4v) is 4.55. The van der Waals surface area contributed by atoms with E-state index < -0.39 is 5.82 Å². The molecule has 6 nitrogen and oxygen atoms in total. The van der Waals surface area contributed by atoms with Gasteiger partial charge in [0.15, 0.2) is 0 Å². The zero-order chi connectivity index (χ0) is 26.2. The molecular weight excluding hydrogens is 491 g/mol. The molecule has 4 rings (SSSR count). The molecule has 1 aliphatic rings. The summed E-state index contributed by atoms with van der Waals surface area (Å²) in [5.41, 5.74) is 3.98. The topological polar surface area (TPSA) is 76.4 Å². The van der Waals surface area contributed by atoms with Crippen molar-refractivity contribution in [2.45, 2.75) is 19.3 Å². The van der Waals surface area contributed by atoms with E-state index in [2.05, 4.69) is 16.3 Å². The maximum Gasteiger partial charge on any atom is 0.243 e. The Hall–Kier alpha value is -3.73. The summed E-state index contributed by atoms with van der Waals surface area (Å²) >= 11 is 5.82. The van der Waals surface area contributed by atoms with Crippen LogP contribution in [0.1, 0.15) is 24.0 Å². The molecular formula is C29H28ClFN4O2. The third-order valence-electron chi connectivity index (χ3n) is 6.40. The van der Waals surface area contributed by atoms with Gasteiger partial charge in [0.1, 0.15) is 5.82 Å². The van der Waals surface area contributed by atoms with Crippen LogP contribution in [0.3, 0.4) is 0 Å². The number of hydrogen-bond acceptors (Lipinski definition) is 4. The lowest BCUT2D eigenvalue weighted by Crippen LogP contribution is -2.44. The van der Waals surface area contributed by atoms with Gasteiger partial charge in [0.25, 0.3) is 0 Å². The molecule has 1 heterocycles. The van der Waals surface area contributed by atoms with Gasteiger partial charge in [0, 0.05) is 12.2 Å². The summed E-state index contributed by atoms with van der Waals surface area (Å²) in [4.78, 5) is 29.5. The van der Waals surface area contributed by atoms with Gasteiger partial charge in [-0.3, -0.25) is 14.5 Å². The summed E-state index contributed by atoms with van der Waals surface area (Å²) in [6, 6.07) is 21.5. The fourth-order valence-electron chi connectivity index (χ4n) is 4.37.